The second-order valence-corrected chi connectivity index (χ2v) is 4.32. The van der Waals surface area contributed by atoms with Gasteiger partial charge in [-0.1, -0.05) is 6.92 Å². The van der Waals surface area contributed by atoms with Crippen molar-refractivity contribution in [3.05, 3.63) is 29.6 Å². The third-order valence-electron chi connectivity index (χ3n) is 3.04. The molecule has 19 heavy (non-hydrogen) atoms. The van der Waals surface area contributed by atoms with E-state index in [0.717, 1.165) is 5.57 Å². The largest absolute Gasteiger partial charge is 0.463 e. The lowest BCUT2D eigenvalue weighted by atomic mass is 9.90. The van der Waals surface area contributed by atoms with E-state index < -0.39 is 5.97 Å². The maximum absolute atomic E-state index is 13.5. The van der Waals surface area contributed by atoms with Gasteiger partial charge in [-0.3, -0.25) is 0 Å². The molecule has 0 saturated carbocycles. The molecule has 6 nitrogen and oxygen atoms in total. The predicted molar refractivity (Wildman–Crippen MR) is 66.6 cm³/mol. The first-order chi connectivity index (χ1) is 9.06. The molecule has 0 bridgehead atoms. The molecule has 1 aromatic heterocycles. The van der Waals surface area contributed by atoms with E-state index >= 15 is 0 Å². The van der Waals surface area contributed by atoms with Crippen LogP contribution in [0, 0.1) is 5.92 Å². The molecule has 102 valence electrons. The van der Waals surface area contributed by atoms with Crippen LogP contribution in [0.1, 0.15) is 24.0 Å². The van der Waals surface area contributed by atoms with Gasteiger partial charge in [0, 0.05) is 13.0 Å². The van der Waals surface area contributed by atoms with Crippen molar-refractivity contribution in [2.45, 2.75) is 13.3 Å². The maximum Gasteiger partial charge on any atom is 0.377 e. The summed E-state index contributed by atoms with van der Waals surface area (Å²) in [7, 11) is 1.25. The van der Waals surface area contributed by atoms with Crippen molar-refractivity contribution < 1.29 is 13.9 Å². The molecular weight excluding hydrogens is 251 g/mol. The van der Waals surface area contributed by atoms with E-state index in [9.17, 15) is 9.18 Å². The summed E-state index contributed by atoms with van der Waals surface area (Å²) >= 11 is 0. The minimum Gasteiger partial charge on any atom is -0.463 e. The minimum atomic E-state index is -0.637. The van der Waals surface area contributed by atoms with Crippen LogP contribution in [0.15, 0.2) is 23.8 Å². The van der Waals surface area contributed by atoms with Crippen LogP contribution >= 0.6 is 0 Å². The number of rotatable bonds is 3. The number of nitrogens with two attached hydrogens (primary N) is 1. The maximum atomic E-state index is 13.5. The fraction of sp³-hybridized carbons (Fsp3) is 0.417. The number of allylic oxidation sites excluding steroid dienone is 3. The molecule has 0 aromatic carbocycles. The van der Waals surface area contributed by atoms with Crippen molar-refractivity contribution in [2.75, 3.05) is 13.7 Å². The highest BCUT2D eigenvalue weighted by Crippen LogP contribution is 2.31. The van der Waals surface area contributed by atoms with Gasteiger partial charge in [-0.2, -0.15) is 0 Å². The summed E-state index contributed by atoms with van der Waals surface area (Å²) in [6.45, 7) is 2.20. The van der Waals surface area contributed by atoms with Crippen LogP contribution in [0.5, 0.6) is 0 Å². The molecule has 0 amide bonds. The van der Waals surface area contributed by atoms with E-state index in [2.05, 4.69) is 14.8 Å². The third kappa shape index (κ3) is 2.55. The summed E-state index contributed by atoms with van der Waals surface area (Å²) in [5.41, 5.74) is 7.10. The molecule has 1 unspecified atom stereocenters. The lowest BCUT2D eigenvalue weighted by Crippen LogP contribution is -2.18. The summed E-state index contributed by atoms with van der Waals surface area (Å²) in [5, 5.41) is 3.98. The van der Waals surface area contributed by atoms with Crippen LogP contribution in [-0.4, -0.2) is 34.4 Å². The van der Waals surface area contributed by atoms with Gasteiger partial charge in [0.05, 0.1) is 12.8 Å². The van der Waals surface area contributed by atoms with E-state index in [1.807, 2.05) is 6.92 Å². The van der Waals surface area contributed by atoms with Crippen molar-refractivity contribution in [1.82, 2.24) is 14.8 Å². The summed E-state index contributed by atoms with van der Waals surface area (Å²) < 4.78 is 19.4. The van der Waals surface area contributed by atoms with Crippen LogP contribution in [-0.2, 0) is 4.74 Å². The first-order valence-corrected chi connectivity index (χ1v) is 5.86. The molecule has 1 aromatic rings. The second kappa shape index (κ2) is 5.31. The Morgan fingerprint density at radius 3 is 3.05 bits per heavy atom. The number of methoxy groups -OCH3 is 1. The minimum absolute atomic E-state index is 0.00391. The number of carbonyl (C=O) groups is 1. The van der Waals surface area contributed by atoms with E-state index in [1.165, 1.54) is 24.2 Å². The molecule has 1 heterocycles. The van der Waals surface area contributed by atoms with E-state index in [0.29, 0.717) is 18.7 Å². The molecule has 0 saturated heterocycles. The lowest BCUT2D eigenvalue weighted by Gasteiger charge is -2.21. The molecule has 2 rings (SSSR count). The quantitative estimate of drug-likeness (QED) is 0.829. The van der Waals surface area contributed by atoms with Gasteiger partial charge < -0.3 is 10.5 Å². The Bertz CT molecular complexity index is 562. The topological polar surface area (TPSA) is 83.0 Å². The molecule has 2 N–H and O–H groups in total. The summed E-state index contributed by atoms with van der Waals surface area (Å²) in [5.74, 6) is -0.953. The van der Waals surface area contributed by atoms with E-state index in [-0.39, 0.29) is 17.6 Å². The Morgan fingerprint density at radius 2 is 2.42 bits per heavy atom. The zero-order valence-electron chi connectivity index (χ0n) is 10.8. The Kier molecular flexibility index (Phi) is 3.75. The number of halogens is 1. The molecule has 1 aliphatic carbocycles. The van der Waals surface area contributed by atoms with Crippen molar-refractivity contribution in [1.29, 1.82) is 0 Å². The Labute approximate surface area is 109 Å². The number of carbonyl (C=O) groups excluding carboxylic acids is 1. The van der Waals surface area contributed by atoms with Crippen molar-refractivity contribution in [3.63, 3.8) is 0 Å². The van der Waals surface area contributed by atoms with Crippen molar-refractivity contribution in [3.8, 4) is 0 Å². The number of aromatic nitrogens is 3. The zero-order valence-corrected chi connectivity index (χ0v) is 10.8. The van der Waals surface area contributed by atoms with Crippen molar-refractivity contribution >= 4 is 11.7 Å². The number of nitrogens with zero attached hydrogens (tertiary/aromatic N) is 3. The van der Waals surface area contributed by atoms with Gasteiger partial charge in [0.2, 0.25) is 0 Å². The number of esters is 1. The molecule has 0 fully saturated rings. The van der Waals surface area contributed by atoms with Gasteiger partial charge >= 0.3 is 5.97 Å². The van der Waals surface area contributed by atoms with Gasteiger partial charge in [0.25, 0.3) is 5.82 Å². The Hall–Kier alpha value is -2.02. The Balaban J connectivity index is 2.43. The lowest BCUT2D eigenvalue weighted by molar-refractivity contribution is 0.0587. The third-order valence-corrected chi connectivity index (χ3v) is 3.04. The average molecular weight is 266 g/mol. The molecule has 1 atom stereocenters. The summed E-state index contributed by atoms with van der Waals surface area (Å²) in [6.07, 6.45) is 3.05. The van der Waals surface area contributed by atoms with Crippen LogP contribution in [0.3, 0.4) is 0 Å². The molecule has 0 aliphatic heterocycles. The number of ether oxygens (including phenoxy) is 1. The number of hydrogen-bond acceptors (Lipinski definition) is 5. The van der Waals surface area contributed by atoms with Crippen LogP contribution in [0.2, 0.25) is 0 Å². The van der Waals surface area contributed by atoms with Gasteiger partial charge in [-0.05, 0) is 17.6 Å². The highest BCUT2D eigenvalue weighted by atomic mass is 19.1. The van der Waals surface area contributed by atoms with Gasteiger partial charge in [-0.15, -0.1) is 5.10 Å². The van der Waals surface area contributed by atoms with Crippen LogP contribution in [0.4, 0.5) is 4.39 Å². The van der Waals surface area contributed by atoms with Crippen molar-refractivity contribution in [2.24, 2.45) is 11.7 Å². The molecule has 0 radical (unpaired) electrons. The standard InChI is InChI=1S/C12H15FN4O2/c1-7-3-8(13)4-10(9(7)5-14)17-6-15-11(16-17)12(18)19-2/h4,6-7H,3,5,14H2,1-2H3. The highest BCUT2D eigenvalue weighted by molar-refractivity contribution is 5.85. The second-order valence-electron chi connectivity index (χ2n) is 4.32. The molecular formula is C12H15FN4O2. The first kappa shape index (κ1) is 13.4. The molecule has 7 heteroatoms. The van der Waals surface area contributed by atoms with Gasteiger partial charge in [0.15, 0.2) is 0 Å². The average Bonchev–Trinajstić information content (AvgIpc) is 2.86. The monoisotopic (exact) mass is 266 g/mol. The fourth-order valence-electron chi connectivity index (χ4n) is 2.05. The molecule has 1 aliphatic rings. The summed E-state index contributed by atoms with van der Waals surface area (Å²) in [4.78, 5) is 15.1. The van der Waals surface area contributed by atoms with Crippen LogP contribution in [0.25, 0.3) is 5.70 Å². The predicted octanol–water partition coefficient (Wildman–Crippen LogP) is 1.13. The van der Waals surface area contributed by atoms with Gasteiger partial charge in [-0.25, -0.2) is 18.9 Å². The number of hydrogen-bond donors (Lipinski definition) is 1. The Morgan fingerprint density at radius 1 is 1.68 bits per heavy atom. The normalized spacial score (nSPS) is 19.4. The first-order valence-electron chi connectivity index (χ1n) is 5.86. The van der Waals surface area contributed by atoms with E-state index in [1.54, 1.807) is 0 Å². The highest BCUT2D eigenvalue weighted by Gasteiger charge is 2.22. The zero-order chi connectivity index (χ0) is 14.0. The fourth-order valence-corrected chi connectivity index (χ4v) is 2.05. The summed E-state index contributed by atoms with van der Waals surface area (Å²) in [6, 6.07) is 0. The SMILES string of the molecule is COC(=O)c1ncn(C2=C(CN)C(C)CC(F)=C2)n1. The van der Waals surface area contributed by atoms with E-state index in [4.69, 9.17) is 5.73 Å². The smallest absolute Gasteiger partial charge is 0.377 e. The molecule has 0 spiro atoms. The van der Waals surface area contributed by atoms with Gasteiger partial charge in [0.1, 0.15) is 12.2 Å². The van der Waals surface area contributed by atoms with Crippen LogP contribution < -0.4 is 5.73 Å².